The molecule has 2 unspecified atom stereocenters. The number of carbonyl (C=O) groups is 1. The lowest BCUT2D eigenvalue weighted by Gasteiger charge is -2.24. The number of hydrogen-bond donors (Lipinski definition) is 3. The average molecular weight is 283 g/mol. The molecule has 0 saturated carbocycles. The summed E-state index contributed by atoms with van der Waals surface area (Å²) in [5, 5.41) is 22.3. The highest BCUT2D eigenvalue weighted by molar-refractivity contribution is 5.66. The molecule has 0 bridgehead atoms. The van der Waals surface area contributed by atoms with Crippen molar-refractivity contribution in [1.82, 2.24) is 5.32 Å². The largest absolute Gasteiger partial charge is 0.481 e. The van der Waals surface area contributed by atoms with E-state index in [1.807, 2.05) is 0 Å². The third-order valence-corrected chi connectivity index (χ3v) is 3.20. The molecule has 5 heteroatoms. The number of carboxylic acid groups (broad SMARTS) is 1. The second-order valence-electron chi connectivity index (χ2n) is 4.84. The van der Waals surface area contributed by atoms with Gasteiger partial charge in [0.2, 0.25) is 0 Å². The van der Waals surface area contributed by atoms with Gasteiger partial charge in [-0.15, -0.1) is 0 Å². The van der Waals surface area contributed by atoms with Gasteiger partial charge in [-0.2, -0.15) is 0 Å². The van der Waals surface area contributed by atoms with Crippen molar-refractivity contribution in [2.45, 2.75) is 44.8 Å². The van der Waals surface area contributed by atoms with Crippen LogP contribution in [0.2, 0.25) is 0 Å². The van der Waals surface area contributed by atoms with Crippen LogP contribution in [-0.4, -0.2) is 28.8 Å². The molecule has 112 valence electrons. The van der Waals surface area contributed by atoms with E-state index in [2.05, 4.69) is 12.2 Å². The number of aliphatic hydroxyl groups excluding tert-OH is 1. The zero-order valence-corrected chi connectivity index (χ0v) is 11.7. The third-order valence-electron chi connectivity index (χ3n) is 3.20. The maximum absolute atomic E-state index is 12.9. The van der Waals surface area contributed by atoms with Crippen molar-refractivity contribution < 1.29 is 19.4 Å². The Hall–Kier alpha value is -1.46. The number of nitrogens with one attached hydrogen (secondary N) is 1. The molecule has 0 amide bonds. The molecule has 20 heavy (non-hydrogen) atoms. The van der Waals surface area contributed by atoms with Gasteiger partial charge in [-0.05, 0) is 37.1 Å². The molecular formula is C15H22FNO3. The summed E-state index contributed by atoms with van der Waals surface area (Å²) in [4.78, 5) is 10.7. The number of aliphatic hydroxyl groups is 1. The zero-order chi connectivity index (χ0) is 15.0. The molecule has 1 aromatic rings. The smallest absolute Gasteiger partial charge is 0.303 e. The van der Waals surface area contributed by atoms with Crippen molar-refractivity contribution in [2.75, 3.05) is 6.54 Å². The fraction of sp³-hybridized carbons (Fsp3) is 0.533. The van der Waals surface area contributed by atoms with Crippen molar-refractivity contribution >= 4 is 5.97 Å². The summed E-state index contributed by atoms with van der Waals surface area (Å²) in [6, 6.07) is 5.28. The average Bonchev–Trinajstić information content (AvgIpc) is 2.42. The van der Waals surface area contributed by atoms with Gasteiger partial charge in [-0.1, -0.05) is 25.5 Å². The molecule has 1 aromatic carbocycles. The molecule has 0 aromatic heterocycles. The third kappa shape index (κ3) is 5.67. The van der Waals surface area contributed by atoms with Crippen LogP contribution in [0.15, 0.2) is 24.3 Å². The highest BCUT2D eigenvalue weighted by Crippen LogP contribution is 2.20. The van der Waals surface area contributed by atoms with Gasteiger partial charge in [0, 0.05) is 12.5 Å². The van der Waals surface area contributed by atoms with Gasteiger partial charge < -0.3 is 15.5 Å². The Kier molecular flexibility index (Phi) is 7.18. The van der Waals surface area contributed by atoms with Gasteiger partial charge in [0.1, 0.15) is 5.82 Å². The van der Waals surface area contributed by atoms with Gasteiger partial charge in [0.05, 0.1) is 6.10 Å². The molecule has 4 nitrogen and oxygen atoms in total. The fourth-order valence-corrected chi connectivity index (χ4v) is 2.01. The second kappa shape index (κ2) is 8.66. The standard InChI is InChI=1S/C15H22FNO3/c1-2-3-10-17-13(8-9-14(18)19)15(20)11-4-6-12(16)7-5-11/h4-7,13,15,17,20H,2-3,8-10H2,1H3,(H,18,19). The molecule has 0 aliphatic rings. The topological polar surface area (TPSA) is 69.6 Å². The normalized spacial score (nSPS) is 13.9. The van der Waals surface area contributed by atoms with Crippen LogP contribution in [-0.2, 0) is 4.79 Å². The molecule has 0 fully saturated rings. The lowest BCUT2D eigenvalue weighted by molar-refractivity contribution is -0.137. The van der Waals surface area contributed by atoms with Crippen LogP contribution in [0.4, 0.5) is 4.39 Å². The Labute approximate surface area is 118 Å². The van der Waals surface area contributed by atoms with E-state index in [-0.39, 0.29) is 18.3 Å². The minimum absolute atomic E-state index is 0.0119. The summed E-state index contributed by atoms with van der Waals surface area (Å²) in [7, 11) is 0. The van der Waals surface area contributed by atoms with Gasteiger partial charge in [0.25, 0.3) is 0 Å². The lowest BCUT2D eigenvalue weighted by Crippen LogP contribution is -2.36. The zero-order valence-electron chi connectivity index (χ0n) is 11.7. The molecule has 1 rings (SSSR count). The van der Waals surface area contributed by atoms with Crippen LogP contribution in [0.1, 0.15) is 44.3 Å². The van der Waals surface area contributed by atoms with Crippen molar-refractivity contribution in [3.05, 3.63) is 35.6 Å². The molecule has 0 saturated heterocycles. The van der Waals surface area contributed by atoms with Crippen LogP contribution in [0.25, 0.3) is 0 Å². The number of unbranched alkanes of at least 4 members (excludes halogenated alkanes) is 1. The van der Waals surface area contributed by atoms with E-state index in [0.29, 0.717) is 12.0 Å². The summed E-state index contributed by atoms with van der Waals surface area (Å²) in [6.07, 6.45) is 1.46. The van der Waals surface area contributed by atoms with E-state index in [1.54, 1.807) is 0 Å². The first-order chi connectivity index (χ1) is 9.54. The Morgan fingerprint density at radius 2 is 2.00 bits per heavy atom. The van der Waals surface area contributed by atoms with E-state index in [1.165, 1.54) is 24.3 Å². The van der Waals surface area contributed by atoms with Crippen molar-refractivity contribution in [3.63, 3.8) is 0 Å². The fourth-order valence-electron chi connectivity index (χ4n) is 2.01. The van der Waals surface area contributed by atoms with Crippen LogP contribution in [0.3, 0.4) is 0 Å². The maximum Gasteiger partial charge on any atom is 0.303 e. The Bertz CT molecular complexity index is 408. The Morgan fingerprint density at radius 3 is 2.55 bits per heavy atom. The van der Waals surface area contributed by atoms with Crippen LogP contribution >= 0.6 is 0 Å². The summed E-state index contributed by atoms with van der Waals surface area (Å²) in [5.74, 6) is -1.25. The second-order valence-corrected chi connectivity index (χ2v) is 4.84. The van der Waals surface area contributed by atoms with E-state index in [4.69, 9.17) is 5.11 Å². The predicted octanol–water partition coefficient (Wildman–Crippen LogP) is 2.48. The minimum atomic E-state index is -0.890. The summed E-state index contributed by atoms with van der Waals surface area (Å²) in [5.41, 5.74) is 0.589. The maximum atomic E-state index is 12.9. The molecule has 0 aliphatic carbocycles. The van der Waals surface area contributed by atoms with E-state index >= 15 is 0 Å². The minimum Gasteiger partial charge on any atom is -0.481 e. The number of rotatable bonds is 9. The predicted molar refractivity (Wildman–Crippen MR) is 74.9 cm³/mol. The quantitative estimate of drug-likeness (QED) is 0.609. The van der Waals surface area contributed by atoms with Gasteiger partial charge in [-0.3, -0.25) is 4.79 Å². The first-order valence-electron chi connectivity index (χ1n) is 6.93. The monoisotopic (exact) mass is 283 g/mol. The van der Waals surface area contributed by atoms with Crippen LogP contribution < -0.4 is 5.32 Å². The first kappa shape index (κ1) is 16.6. The number of benzene rings is 1. The molecule has 0 heterocycles. The summed E-state index contributed by atoms with van der Waals surface area (Å²) < 4.78 is 12.9. The highest BCUT2D eigenvalue weighted by atomic mass is 19.1. The van der Waals surface area contributed by atoms with E-state index in [9.17, 15) is 14.3 Å². The van der Waals surface area contributed by atoms with Crippen molar-refractivity contribution in [2.24, 2.45) is 0 Å². The number of aliphatic carboxylic acids is 1. The van der Waals surface area contributed by atoms with E-state index < -0.39 is 12.1 Å². The number of hydrogen-bond acceptors (Lipinski definition) is 3. The van der Waals surface area contributed by atoms with Crippen molar-refractivity contribution in [1.29, 1.82) is 0 Å². The first-order valence-corrected chi connectivity index (χ1v) is 6.93. The number of carboxylic acids is 1. The van der Waals surface area contributed by atoms with E-state index in [0.717, 1.165) is 19.4 Å². The Morgan fingerprint density at radius 1 is 1.35 bits per heavy atom. The molecule has 3 N–H and O–H groups in total. The molecule has 0 spiro atoms. The SMILES string of the molecule is CCCCNC(CCC(=O)O)C(O)c1ccc(F)cc1. The summed E-state index contributed by atoms with van der Waals surface area (Å²) >= 11 is 0. The molecule has 2 atom stereocenters. The molecule has 0 aliphatic heterocycles. The van der Waals surface area contributed by atoms with Crippen molar-refractivity contribution in [3.8, 4) is 0 Å². The van der Waals surface area contributed by atoms with Crippen LogP contribution in [0.5, 0.6) is 0 Å². The molecule has 0 radical (unpaired) electrons. The van der Waals surface area contributed by atoms with Gasteiger partial charge >= 0.3 is 5.97 Å². The highest BCUT2D eigenvalue weighted by Gasteiger charge is 2.21. The van der Waals surface area contributed by atoms with Gasteiger partial charge in [-0.25, -0.2) is 4.39 Å². The number of halogens is 1. The lowest BCUT2D eigenvalue weighted by atomic mass is 9.98. The van der Waals surface area contributed by atoms with Gasteiger partial charge in [0.15, 0.2) is 0 Å². The summed E-state index contributed by atoms with van der Waals surface area (Å²) in [6.45, 7) is 2.78. The molecular weight excluding hydrogens is 261 g/mol. The Balaban J connectivity index is 2.68. The van der Waals surface area contributed by atoms with Crippen LogP contribution in [0, 0.1) is 5.82 Å².